The molecule has 0 aliphatic rings. The van der Waals surface area contributed by atoms with Gasteiger partial charge >= 0.3 is 0 Å². The normalized spacial score (nSPS) is 10.5. The van der Waals surface area contributed by atoms with Gasteiger partial charge in [-0.25, -0.2) is 0 Å². The third kappa shape index (κ3) is 2.38. The molecule has 0 bridgehead atoms. The molecule has 1 aromatic heterocycles. The SMILES string of the molecule is Cc1ccc(-c2nncn2-c2ccccc2)cc1[N+](=O)[O-]. The van der Waals surface area contributed by atoms with Crippen LogP contribution in [0.3, 0.4) is 0 Å². The number of para-hydroxylation sites is 1. The molecule has 0 aliphatic carbocycles. The summed E-state index contributed by atoms with van der Waals surface area (Å²) in [6.07, 6.45) is 1.59. The van der Waals surface area contributed by atoms with E-state index in [1.165, 1.54) is 6.07 Å². The van der Waals surface area contributed by atoms with E-state index >= 15 is 0 Å². The molecule has 3 aromatic rings. The van der Waals surface area contributed by atoms with Crippen molar-refractivity contribution in [2.45, 2.75) is 6.92 Å². The molecule has 0 spiro atoms. The van der Waals surface area contributed by atoms with E-state index in [1.807, 2.05) is 36.4 Å². The van der Waals surface area contributed by atoms with Crippen LogP contribution in [-0.2, 0) is 0 Å². The molecule has 2 aromatic carbocycles. The summed E-state index contributed by atoms with van der Waals surface area (Å²) < 4.78 is 1.80. The lowest BCUT2D eigenvalue weighted by atomic mass is 10.1. The van der Waals surface area contributed by atoms with Crippen LogP contribution in [0.15, 0.2) is 54.9 Å². The van der Waals surface area contributed by atoms with Crippen LogP contribution in [0.1, 0.15) is 5.56 Å². The minimum atomic E-state index is -0.387. The quantitative estimate of drug-likeness (QED) is 0.545. The van der Waals surface area contributed by atoms with E-state index in [0.29, 0.717) is 17.0 Å². The van der Waals surface area contributed by atoms with Gasteiger partial charge in [0, 0.05) is 22.9 Å². The van der Waals surface area contributed by atoms with Gasteiger partial charge in [0.1, 0.15) is 6.33 Å². The molecule has 1 heterocycles. The number of nitrogens with zero attached hydrogens (tertiary/aromatic N) is 4. The number of aryl methyl sites for hydroxylation is 1. The smallest absolute Gasteiger partial charge is 0.273 e. The number of nitro benzene ring substituents is 1. The van der Waals surface area contributed by atoms with Crippen LogP contribution in [0, 0.1) is 17.0 Å². The zero-order chi connectivity index (χ0) is 14.8. The van der Waals surface area contributed by atoms with E-state index < -0.39 is 0 Å². The zero-order valence-electron chi connectivity index (χ0n) is 11.3. The van der Waals surface area contributed by atoms with E-state index in [4.69, 9.17) is 0 Å². The Balaban J connectivity index is 2.13. The van der Waals surface area contributed by atoms with Crippen molar-refractivity contribution in [1.29, 1.82) is 0 Å². The van der Waals surface area contributed by atoms with Crippen molar-refractivity contribution in [3.05, 3.63) is 70.5 Å². The number of nitro groups is 1. The third-order valence-electron chi connectivity index (χ3n) is 3.25. The predicted octanol–water partition coefficient (Wildman–Crippen LogP) is 3.15. The first-order valence-electron chi connectivity index (χ1n) is 6.37. The molecule has 0 radical (unpaired) electrons. The Morgan fingerprint density at radius 2 is 1.90 bits per heavy atom. The van der Waals surface area contributed by atoms with Gasteiger partial charge in [-0.15, -0.1) is 10.2 Å². The van der Waals surface area contributed by atoms with Crippen molar-refractivity contribution in [2.75, 3.05) is 0 Å². The second kappa shape index (κ2) is 5.16. The molecule has 3 rings (SSSR count). The maximum atomic E-state index is 11.1. The monoisotopic (exact) mass is 280 g/mol. The van der Waals surface area contributed by atoms with Gasteiger partial charge in [0.05, 0.1) is 4.92 Å². The fourth-order valence-corrected chi connectivity index (χ4v) is 2.15. The summed E-state index contributed by atoms with van der Waals surface area (Å²) in [6, 6.07) is 14.7. The van der Waals surface area contributed by atoms with Gasteiger partial charge in [-0.1, -0.05) is 30.3 Å². The summed E-state index contributed by atoms with van der Waals surface area (Å²) in [6.45, 7) is 1.71. The molecule has 0 N–H and O–H groups in total. The summed E-state index contributed by atoms with van der Waals surface area (Å²) in [5.74, 6) is 0.573. The van der Waals surface area contributed by atoms with Gasteiger partial charge in [-0.3, -0.25) is 14.7 Å². The standard InChI is InChI=1S/C15H12N4O2/c1-11-7-8-12(9-14(11)19(20)21)15-17-16-10-18(15)13-5-3-2-4-6-13/h2-10H,1H3. The van der Waals surface area contributed by atoms with E-state index in [0.717, 1.165) is 5.69 Å². The Labute approximate surface area is 120 Å². The van der Waals surface area contributed by atoms with Crippen LogP contribution in [0.4, 0.5) is 5.69 Å². The fraction of sp³-hybridized carbons (Fsp3) is 0.0667. The maximum Gasteiger partial charge on any atom is 0.273 e. The van der Waals surface area contributed by atoms with Crippen molar-refractivity contribution < 1.29 is 4.92 Å². The lowest BCUT2D eigenvalue weighted by molar-refractivity contribution is -0.385. The van der Waals surface area contributed by atoms with Crippen LogP contribution in [-0.4, -0.2) is 19.7 Å². The molecule has 0 atom stereocenters. The number of aromatic nitrogens is 3. The molecule has 21 heavy (non-hydrogen) atoms. The van der Waals surface area contributed by atoms with Crippen LogP contribution >= 0.6 is 0 Å². The van der Waals surface area contributed by atoms with Crippen LogP contribution in [0.25, 0.3) is 17.1 Å². The van der Waals surface area contributed by atoms with Crippen molar-refractivity contribution in [1.82, 2.24) is 14.8 Å². The van der Waals surface area contributed by atoms with Crippen LogP contribution in [0.5, 0.6) is 0 Å². The Kier molecular flexibility index (Phi) is 3.19. The zero-order valence-corrected chi connectivity index (χ0v) is 11.3. The van der Waals surface area contributed by atoms with Crippen LogP contribution < -0.4 is 0 Å². The summed E-state index contributed by atoms with van der Waals surface area (Å²) in [5, 5.41) is 19.1. The average Bonchev–Trinajstić information content (AvgIpc) is 2.98. The average molecular weight is 280 g/mol. The highest BCUT2D eigenvalue weighted by Gasteiger charge is 2.15. The van der Waals surface area contributed by atoms with Gasteiger partial charge in [-0.2, -0.15) is 0 Å². The summed E-state index contributed by atoms with van der Waals surface area (Å²) in [5.41, 5.74) is 2.26. The molecule has 104 valence electrons. The van der Waals surface area contributed by atoms with Gasteiger partial charge in [-0.05, 0) is 19.1 Å². The van der Waals surface area contributed by atoms with E-state index in [2.05, 4.69) is 10.2 Å². The van der Waals surface area contributed by atoms with Gasteiger partial charge in [0.25, 0.3) is 5.69 Å². The second-order valence-electron chi connectivity index (χ2n) is 4.62. The van der Waals surface area contributed by atoms with Gasteiger partial charge < -0.3 is 0 Å². The molecule has 0 aliphatic heterocycles. The largest absolute Gasteiger partial charge is 0.282 e. The number of rotatable bonds is 3. The van der Waals surface area contributed by atoms with E-state index in [1.54, 1.807) is 23.9 Å². The summed E-state index contributed by atoms with van der Waals surface area (Å²) in [7, 11) is 0. The first kappa shape index (κ1) is 13.0. The molecule has 6 heteroatoms. The molecule has 0 saturated carbocycles. The lowest BCUT2D eigenvalue weighted by Crippen LogP contribution is -1.97. The minimum absolute atomic E-state index is 0.0788. The Hall–Kier alpha value is -3.02. The van der Waals surface area contributed by atoms with Crippen molar-refractivity contribution >= 4 is 5.69 Å². The maximum absolute atomic E-state index is 11.1. The molecular weight excluding hydrogens is 268 g/mol. The number of hydrogen-bond donors (Lipinski definition) is 0. The topological polar surface area (TPSA) is 73.8 Å². The Morgan fingerprint density at radius 3 is 2.62 bits per heavy atom. The predicted molar refractivity (Wildman–Crippen MR) is 78.2 cm³/mol. The van der Waals surface area contributed by atoms with E-state index in [-0.39, 0.29) is 10.6 Å². The number of benzene rings is 2. The van der Waals surface area contributed by atoms with E-state index in [9.17, 15) is 10.1 Å². The third-order valence-corrected chi connectivity index (χ3v) is 3.25. The Bertz CT molecular complexity index is 796. The lowest BCUT2D eigenvalue weighted by Gasteiger charge is -2.07. The van der Waals surface area contributed by atoms with Crippen molar-refractivity contribution in [2.24, 2.45) is 0 Å². The molecule has 0 unspecified atom stereocenters. The molecule has 0 saturated heterocycles. The summed E-state index contributed by atoms with van der Waals surface area (Å²) in [4.78, 5) is 10.7. The first-order valence-corrected chi connectivity index (χ1v) is 6.37. The molecule has 6 nitrogen and oxygen atoms in total. The number of hydrogen-bond acceptors (Lipinski definition) is 4. The highest BCUT2D eigenvalue weighted by atomic mass is 16.6. The van der Waals surface area contributed by atoms with Crippen molar-refractivity contribution in [3.63, 3.8) is 0 Å². The van der Waals surface area contributed by atoms with Crippen molar-refractivity contribution in [3.8, 4) is 17.1 Å². The van der Waals surface area contributed by atoms with Gasteiger partial charge in [0.15, 0.2) is 5.82 Å². The minimum Gasteiger partial charge on any atom is -0.282 e. The molecular formula is C15H12N4O2. The highest BCUT2D eigenvalue weighted by molar-refractivity contribution is 5.63. The first-order chi connectivity index (χ1) is 10.2. The Morgan fingerprint density at radius 1 is 1.14 bits per heavy atom. The van der Waals surface area contributed by atoms with Gasteiger partial charge in [0.2, 0.25) is 0 Å². The second-order valence-corrected chi connectivity index (χ2v) is 4.62. The fourth-order valence-electron chi connectivity index (χ4n) is 2.15. The van der Waals surface area contributed by atoms with Crippen LogP contribution in [0.2, 0.25) is 0 Å². The summed E-state index contributed by atoms with van der Waals surface area (Å²) >= 11 is 0. The molecule has 0 fully saturated rings. The molecule has 0 amide bonds. The highest BCUT2D eigenvalue weighted by Crippen LogP contribution is 2.26.